The van der Waals surface area contributed by atoms with Gasteiger partial charge in [0.1, 0.15) is 11.4 Å². The van der Waals surface area contributed by atoms with Crippen LogP contribution in [-0.2, 0) is 17.6 Å². The summed E-state index contributed by atoms with van der Waals surface area (Å²) in [4.78, 5) is 16.9. The van der Waals surface area contributed by atoms with Gasteiger partial charge in [0, 0.05) is 5.69 Å². The van der Waals surface area contributed by atoms with Crippen LogP contribution in [0.3, 0.4) is 0 Å². The minimum Gasteiger partial charge on any atom is -0.462 e. The molecule has 2 aromatic heterocycles. The molecule has 0 amide bonds. The van der Waals surface area contributed by atoms with Crippen molar-refractivity contribution >= 4 is 34.3 Å². The van der Waals surface area contributed by atoms with E-state index in [1.165, 1.54) is 11.1 Å². The maximum atomic E-state index is 12.4. The number of aryl methyl sites for hydroxylation is 1. The zero-order valence-corrected chi connectivity index (χ0v) is 13.9. The molecule has 1 aliphatic rings. The van der Waals surface area contributed by atoms with Crippen molar-refractivity contribution in [2.45, 2.75) is 26.2 Å². The van der Waals surface area contributed by atoms with Gasteiger partial charge in [-0.05, 0) is 49.4 Å². The zero-order chi connectivity index (χ0) is 17.4. The molecule has 4 N–H and O–H groups in total. The van der Waals surface area contributed by atoms with Crippen LogP contribution in [-0.4, -0.2) is 27.8 Å². The number of carbonyl (C=O) groups is 1. The lowest BCUT2D eigenvalue weighted by Gasteiger charge is -2.14. The standard InChI is InChI=1S/C18H19N5O2/c1-2-25-18(24)13-9-12-15(19)22-23-17(12)21-16(13)20-14-8-4-6-10-5-3-7-11(10)14/h4,6,8-9H,2-3,5,7H2,1H3,(H4,19,20,21,22,23). The fourth-order valence-corrected chi connectivity index (χ4v) is 3.29. The van der Waals surface area contributed by atoms with Gasteiger partial charge in [0.15, 0.2) is 11.5 Å². The average Bonchev–Trinajstić information content (AvgIpc) is 3.22. The number of H-pyrrole nitrogens is 1. The SMILES string of the molecule is CCOC(=O)c1cc2c(N)n[nH]c2nc1Nc1cccc2c1CCC2. The minimum absolute atomic E-state index is 0.290. The van der Waals surface area contributed by atoms with Crippen molar-refractivity contribution in [1.82, 2.24) is 15.2 Å². The van der Waals surface area contributed by atoms with Gasteiger partial charge in [0.05, 0.1) is 12.0 Å². The lowest BCUT2D eigenvalue weighted by molar-refractivity contribution is 0.0527. The van der Waals surface area contributed by atoms with Gasteiger partial charge in [-0.2, -0.15) is 5.10 Å². The number of nitrogens with one attached hydrogen (secondary N) is 2. The van der Waals surface area contributed by atoms with E-state index in [4.69, 9.17) is 10.5 Å². The molecule has 7 heteroatoms. The first-order chi connectivity index (χ1) is 12.2. The van der Waals surface area contributed by atoms with Gasteiger partial charge in [-0.1, -0.05) is 12.1 Å². The van der Waals surface area contributed by atoms with Crippen LogP contribution in [0.15, 0.2) is 24.3 Å². The van der Waals surface area contributed by atoms with Crippen molar-refractivity contribution in [3.8, 4) is 0 Å². The van der Waals surface area contributed by atoms with Crippen LogP contribution in [0, 0.1) is 0 Å². The molecule has 4 rings (SSSR count). The van der Waals surface area contributed by atoms with Crippen LogP contribution in [0.1, 0.15) is 34.8 Å². The molecule has 2 heterocycles. The molecule has 0 aliphatic heterocycles. The molecule has 1 aliphatic carbocycles. The number of nitrogen functional groups attached to an aromatic ring is 1. The molecule has 0 bridgehead atoms. The van der Waals surface area contributed by atoms with Crippen LogP contribution in [0.5, 0.6) is 0 Å². The molecule has 0 saturated heterocycles. The number of ether oxygens (including phenoxy) is 1. The predicted molar refractivity (Wildman–Crippen MR) is 96.0 cm³/mol. The number of aromatic nitrogens is 3. The Balaban J connectivity index is 1.81. The van der Waals surface area contributed by atoms with Crippen molar-refractivity contribution < 1.29 is 9.53 Å². The second-order valence-corrected chi connectivity index (χ2v) is 6.03. The first-order valence-electron chi connectivity index (χ1n) is 8.37. The molecule has 3 aromatic rings. The number of hydrogen-bond acceptors (Lipinski definition) is 6. The molecule has 0 unspecified atom stereocenters. The topological polar surface area (TPSA) is 106 Å². The van der Waals surface area contributed by atoms with Crippen LogP contribution in [0.4, 0.5) is 17.3 Å². The molecule has 25 heavy (non-hydrogen) atoms. The smallest absolute Gasteiger partial charge is 0.341 e. The summed E-state index contributed by atoms with van der Waals surface area (Å²) in [5.74, 6) is 0.308. The van der Waals surface area contributed by atoms with E-state index in [0.29, 0.717) is 28.2 Å². The highest BCUT2D eigenvalue weighted by molar-refractivity contribution is 6.01. The molecule has 1 aromatic carbocycles. The van der Waals surface area contributed by atoms with E-state index >= 15 is 0 Å². The third-order valence-electron chi connectivity index (χ3n) is 4.48. The summed E-state index contributed by atoms with van der Waals surface area (Å²) in [5.41, 5.74) is 10.3. The van der Waals surface area contributed by atoms with E-state index in [0.717, 1.165) is 24.9 Å². The molecular weight excluding hydrogens is 318 g/mol. The van der Waals surface area contributed by atoms with Gasteiger partial charge in [-0.15, -0.1) is 0 Å². The number of aromatic amines is 1. The Bertz CT molecular complexity index is 963. The highest BCUT2D eigenvalue weighted by atomic mass is 16.5. The normalized spacial score (nSPS) is 13.0. The van der Waals surface area contributed by atoms with Gasteiger partial charge in [0.2, 0.25) is 0 Å². The molecule has 7 nitrogen and oxygen atoms in total. The number of hydrogen-bond donors (Lipinski definition) is 3. The van der Waals surface area contributed by atoms with Crippen LogP contribution < -0.4 is 11.1 Å². The molecule has 0 saturated carbocycles. The van der Waals surface area contributed by atoms with Gasteiger partial charge >= 0.3 is 5.97 Å². The largest absolute Gasteiger partial charge is 0.462 e. The Hall–Kier alpha value is -3.09. The number of fused-ring (bicyclic) bond motifs is 2. The monoisotopic (exact) mass is 337 g/mol. The first kappa shape index (κ1) is 15.4. The molecule has 0 spiro atoms. The Morgan fingerprint density at radius 1 is 1.40 bits per heavy atom. The second-order valence-electron chi connectivity index (χ2n) is 6.03. The molecule has 0 atom stereocenters. The highest BCUT2D eigenvalue weighted by Gasteiger charge is 2.20. The van der Waals surface area contributed by atoms with Gasteiger partial charge in [-0.3, -0.25) is 5.10 Å². The summed E-state index contributed by atoms with van der Waals surface area (Å²) >= 11 is 0. The summed E-state index contributed by atoms with van der Waals surface area (Å²) < 4.78 is 5.17. The zero-order valence-electron chi connectivity index (χ0n) is 13.9. The van der Waals surface area contributed by atoms with E-state index in [-0.39, 0.29) is 6.61 Å². The summed E-state index contributed by atoms with van der Waals surface area (Å²) in [6.07, 6.45) is 3.24. The fraction of sp³-hybridized carbons (Fsp3) is 0.278. The van der Waals surface area contributed by atoms with E-state index in [9.17, 15) is 4.79 Å². The first-order valence-corrected chi connectivity index (χ1v) is 8.37. The quantitative estimate of drug-likeness (QED) is 0.632. The average molecular weight is 337 g/mol. The maximum Gasteiger partial charge on any atom is 0.341 e. The van der Waals surface area contributed by atoms with Gasteiger partial charge in [0.25, 0.3) is 0 Å². The third-order valence-corrected chi connectivity index (χ3v) is 4.48. The lowest BCUT2D eigenvalue weighted by Crippen LogP contribution is -2.10. The van der Waals surface area contributed by atoms with Gasteiger partial charge in [-0.25, -0.2) is 9.78 Å². The summed E-state index contributed by atoms with van der Waals surface area (Å²) in [5, 5.41) is 10.7. The number of esters is 1. The fourth-order valence-electron chi connectivity index (χ4n) is 3.29. The van der Waals surface area contributed by atoms with E-state index in [1.807, 2.05) is 12.1 Å². The second kappa shape index (κ2) is 6.08. The highest BCUT2D eigenvalue weighted by Crippen LogP contribution is 2.32. The number of carbonyl (C=O) groups excluding carboxylic acids is 1. The van der Waals surface area contributed by atoms with Crippen LogP contribution in [0.2, 0.25) is 0 Å². The van der Waals surface area contributed by atoms with Crippen LogP contribution in [0.25, 0.3) is 11.0 Å². The minimum atomic E-state index is -0.437. The Morgan fingerprint density at radius 3 is 3.12 bits per heavy atom. The van der Waals surface area contributed by atoms with Crippen molar-refractivity contribution in [2.24, 2.45) is 0 Å². The molecule has 0 fully saturated rings. The molecular formula is C18H19N5O2. The number of anilines is 3. The Morgan fingerprint density at radius 2 is 2.28 bits per heavy atom. The number of rotatable bonds is 4. The number of pyridine rings is 1. The van der Waals surface area contributed by atoms with Crippen molar-refractivity contribution in [1.29, 1.82) is 0 Å². The van der Waals surface area contributed by atoms with Gasteiger partial charge < -0.3 is 15.8 Å². The summed E-state index contributed by atoms with van der Waals surface area (Å²) in [7, 11) is 0. The third kappa shape index (κ3) is 2.67. The number of nitrogens with two attached hydrogens (primary N) is 1. The van der Waals surface area contributed by atoms with Crippen molar-refractivity contribution in [2.75, 3.05) is 17.7 Å². The summed E-state index contributed by atoms with van der Waals surface area (Å²) in [6, 6.07) is 7.84. The molecule has 128 valence electrons. The van der Waals surface area contributed by atoms with E-state index in [1.54, 1.807) is 13.0 Å². The van der Waals surface area contributed by atoms with E-state index < -0.39 is 5.97 Å². The lowest BCUT2D eigenvalue weighted by atomic mass is 10.1. The van der Waals surface area contributed by atoms with Crippen molar-refractivity contribution in [3.63, 3.8) is 0 Å². The number of benzene rings is 1. The van der Waals surface area contributed by atoms with E-state index in [2.05, 4.69) is 26.6 Å². The molecule has 0 radical (unpaired) electrons. The summed E-state index contributed by atoms with van der Waals surface area (Å²) in [6.45, 7) is 2.06. The number of nitrogens with zero attached hydrogens (tertiary/aromatic N) is 2. The Labute approximate surface area is 144 Å². The maximum absolute atomic E-state index is 12.4. The Kier molecular flexibility index (Phi) is 3.76. The van der Waals surface area contributed by atoms with Crippen molar-refractivity contribution in [3.05, 3.63) is 41.0 Å². The predicted octanol–water partition coefficient (Wildman–Crippen LogP) is 2.95. The van der Waals surface area contributed by atoms with Crippen LogP contribution >= 0.6 is 0 Å².